The maximum atomic E-state index is 12.1. The topological polar surface area (TPSA) is 38.5 Å². The van der Waals surface area contributed by atoms with E-state index in [1.165, 1.54) is 12.8 Å². The summed E-state index contributed by atoms with van der Waals surface area (Å²) in [6.07, 6.45) is 2.37. The van der Waals surface area contributed by atoms with Crippen molar-refractivity contribution in [1.82, 2.24) is 4.90 Å². The van der Waals surface area contributed by atoms with Crippen LogP contribution in [0.15, 0.2) is 24.3 Å². The normalized spacial score (nSPS) is 19.2. The lowest BCUT2D eigenvalue weighted by molar-refractivity contribution is -0.0498. The maximum absolute atomic E-state index is 12.1. The van der Waals surface area contributed by atoms with Gasteiger partial charge in [-0.1, -0.05) is 19.1 Å². The molecule has 0 bridgehead atoms. The molecular formula is C15H22F2N2O. The minimum Gasteiger partial charge on any atom is -0.435 e. The summed E-state index contributed by atoms with van der Waals surface area (Å²) in [7, 11) is 0. The fourth-order valence-corrected chi connectivity index (χ4v) is 2.71. The molecule has 1 aromatic rings. The van der Waals surface area contributed by atoms with Crippen LogP contribution in [0, 0.1) is 5.92 Å². The molecule has 0 aromatic heterocycles. The van der Waals surface area contributed by atoms with Gasteiger partial charge in [0, 0.05) is 12.6 Å². The van der Waals surface area contributed by atoms with Gasteiger partial charge in [-0.2, -0.15) is 8.78 Å². The third kappa shape index (κ3) is 3.90. The van der Waals surface area contributed by atoms with Crippen LogP contribution in [-0.2, 0) is 0 Å². The number of piperidine rings is 1. The van der Waals surface area contributed by atoms with Crippen LogP contribution in [0.1, 0.15) is 31.4 Å². The Morgan fingerprint density at radius 1 is 1.25 bits per heavy atom. The Labute approximate surface area is 118 Å². The number of rotatable bonds is 5. The van der Waals surface area contributed by atoms with Crippen molar-refractivity contribution >= 4 is 0 Å². The summed E-state index contributed by atoms with van der Waals surface area (Å²) in [5.41, 5.74) is 6.96. The summed E-state index contributed by atoms with van der Waals surface area (Å²) in [5, 5.41) is 0. The van der Waals surface area contributed by atoms with Gasteiger partial charge in [0.15, 0.2) is 0 Å². The zero-order valence-electron chi connectivity index (χ0n) is 11.8. The molecule has 5 heteroatoms. The fourth-order valence-electron chi connectivity index (χ4n) is 2.71. The van der Waals surface area contributed by atoms with Crippen LogP contribution in [0.3, 0.4) is 0 Å². The first-order valence-electron chi connectivity index (χ1n) is 7.09. The van der Waals surface area contributed by atoms with E-state index in [0.29, 0.717) is 6.54 Å². The van der Waals surface area contributed by atoms with Gasteiger partial charge < -0.3 is 10.5 Å². The molecule has 1 aliphatic rings. The standard InChI is InChI=1S/C15H22F2N2O/c1-11-6-8-19(9-7-11)14(10-18)12-2-4-13(5-3-12)20-15(16)17/h2-5,11,14-15H,6-10,18H2,1H3. The van der Waals surface area contributed by atoms with Crippen LogP contribution in [0.5, 0.6) is 5.75 Å². The second-order valence-electron chi connectivity index (χ2n) is 5.42. The van der Waals surface area contributed by atoms with Crippen LogP contribution < -0.4 is 10.5 Å². The summed E-state index contributed by atoms with van der Waals surface area (Å²) < 4.78 is 28.6. The van der Waals surface area contributed by atoms with E-state index in [9.17, 15) is 8.78 Å². The van der Waals surface area contributed by atoms with Gasteiger partial charge in [0.05, 0.1) is 0 Å². The monoisotopic (exact) mass is 284 g/mol. The Kier molecular flexibility index (Phi) is 5.31. The van der Waals surface area contributed by atoms with Gasteiger partial charge in [-0.3, -0.25) is 4.90 Å². The number of hydrogen-bond donors (Lipinski definition) is 1. The fraction of sp³-hybridized carbons (Fsp3) is 0.600. The lowest BCUT2D eigenvalue weighted by Gasteiger charge is -2.36. The third-order valence-corrected chi connectivity index (χ3v) is 3.97. The largest absolute Gasteiger partial charge is 0.435 e. The zero-order valence-corrected chi connectivity index (χ0v) is 11.8. The lowest BCUT2D eigenvalue weighted by atomic mass is 9.96. The van der Waals surface area contributed by atoms with E-state index in [4.69, 9.17) is 5.73 Å². The van der Waals surface area contributed by atoms with E-state index >= 15 is 0 Å². The van der Waals surface area contributed by atoms with Crippen molar-refractivity contribution in [3.8, 4) is 5.75 Å². The lowest BCUT2D eigenvalue weighted by Crippen LogP contribution is -2.39. The molecule has 112 valence electrons. The smallest absolute Gasteiger partial charge is 0.387 e. The average molecular weight is 284 g/mol. The molecule has 0 spiro atoms. The number of alkyl halides is 2. The van der Waals surface area contributed by atoms with Crippen LogP contribution in [0.2, 0.25) is 0 Å². The predicted molar refractivity (Wildman–Crippen MR) is 74.8 cm³/mol. The Balaban J connectivity index is 2.03. The van der Waals surface area contributed by atoms with Gasteiger partial charge in [0.25, 0.3) is 0 Å². The van der Waals surface area contributed by atoms with Gasteiger partial charge in [-0.15, -0.1) is 0 Å². The molecule has 0 aliphatic carbocycles. The third-order valence-electron chi connectivity index (χ3n) is 3.97. The van der Waals surface area contributed by atoms with Gasteiger partial charge in [0.2, 0.25) is 0 Å². The molecule has 1 aromatic carbocycles. The van der Waals surface area contributed by atoms with E-state index < -0.39 is 6.61 Å². The molecule has 1 fully saturated rings. The molecule has 3 nitrogen and oxygen atoms in total. The van der Waals surface area contributed by atoms with Crippen molar-refractivity contribution in [3.63, 3.8) is 0 Å². The van der Waals surface area contributed by atoms with Crippen molar-refractivity contribution in [3.05, 3.63) is 29.8 Å². The summed E-state index contributed by atoms with van der Waals surface area (Å²) in [6.45, 7) is 2.10. The van der Waals surface area contributed by atoms with Crippen LogP contribution >= 0.6 is 0 Å². The first-order valence-corrected chi connectivity index (χ1v) is 7.09. The van der Waals surface area contributed by atoms with Gasteiger partial charge >= 0.3 is 6.61 Å². The van der Waals surface area contributed by atoms with Crippen LogP contribution in [0.4, 0.5) is 8.78 Å². The molecule has 2 rings (SSSR count). The molecular weight excluding hydrogens is 262 g/mol. The summed E-state index contributed by atoms with van der Waals surface area (Å²) in [5.74, 6) is 0.957. The number of nitrogens with zero attached hydrogens (tertiary/aromatic N) is 1. The summed E-state index contributed by atoms with van der Waals surface area (Å²) >= 11 is 0. The molecule has 1 aliphatic heterocycles. The molecule has 2 N–H and O–H groups in total. The minimum atomic E-state index is -2.78. The first-order chi connectivity index (χ1) is 9.60. The summed E-state index contributed by atoms with van der Waals surface area (Å²) in [6, 6.07) is 6.97. The van der Waals surface area contributed by atoms with Gasteiger partial charge in [0.1, 0.15) is 5.75 Å². The van der Waals surface area contributed by atoms with E-state index in [2.05, 4.69) is 16.6 Å². The molecule has 1 unspecified atom stereocenters. The number of likely N-dealkylation sites (tertiary alicyclic amines) is 1. The average Bonchev–Trinajstić information content (AvgIpc) is 2.43. The zero-order chi connectivity index (χ0) is 14.5. The van der Waals surface area contributed by atoms with Crippen molar-refractivity contribution < 1.29 is 13.5 Å². The number of benzene rings is 1. The van der Waals surface area contributed by atoms with Crippen molar-refractivity contribution in [2.45, 2.75) is 32.4 Å². The van der Waals surface area contributed by atoms with E-state index in [1.54, 1.807) is 12.1 Å². The summed E-state index contributed by atoms with van der Waals surface area (Å²) in [4.78, 5) is 2.38. The highest BCUT2D eigenvalue weighted by Crippen LogP contribution is 2.27. The van der Waals surface area contributed by atoms with Crippen molar-refractivity contribution in [1.29, 1.82) is 0 Å². The number of nitrogens with two attached hydrogens (primary N) is 1. The molecule has 1 atom stereocenters. The molecule has 0 radical (unpaired) electrons. The first kappa shape index (κ1) is 15.2. The Morgan fingerprint density at radius 3 is 2.35 bits per heavy atom. The second kappa shape index (κ2) is 6.99. The van der Waals surface area contributed by atoms with E-state index in [1.807, 2.05) is 12.1 Å². The minimum absolute atomic E-state index is 0.156. The van der Waals surface area contributed by atoms with Crippen molar-refractivity contribution in [2.75, 3.05) is 19.6 Å². The number of hydrogen-bond acceptors (Lipinski definition) is 3. The van der Waals surface area contributed by atoms with Crippen LogP contribution in [0.25, 0.3) is 0 Å². The number of ether oxygens (including phenoxy) is 1. The van der Waals surface area contributed by atoms with Crippen LogP contribution in [-0.4, -0.2) is 31.1 Å². The van der Waals surface area contributed by atoms with Crippen molar-refractivity contribution in [2.24, 2.45) is 11.7 Å². The second-order valence-corrected chi connectivity index (χ2v) is 5.42. The molecule has 20 heavy (non-hydrogen) atoms. The molecule has 0 saturated carbocycles. The highest BCUT2D eigenvalue weighted by molar-refractivity contribution is 5.29. The Morgan fingerprint density at radius 2 is 1.85 bits per heavy atom. The van der Waals surface area contributed by atoms with E-state index in [-0.39, 0.29) is 11.8 Å². The quantitative estimate of drug-likeness (QED) is 0.903. The highest BCUT2D eigenvalue weighted by atomic mass is 19.3. The molecule has 1 heterocycles. The molecule has 0 amide bonds. The van der Waals surface area contributed by atoms with Gasteiger partial charge in [-0.25, -0.2) is 0 Å². The molecule has 1 saturated heterocycles. The maximum Gasteiger partial charge on any atom is 0.387 e. The Bertz CT molecular complexity index is 403. The van der Waals surface area contributed by atoms with Gasteiger partial charge in [-0.05, 0) is 49.5 Å². The van der Waals surface area contributed by atoms with E-state index in [0.717, 1.165) is 24.6 Å². The highest BCUT2D eigenvalue weighted by Gasteiger charge is 2.23. The predicted octanol–water partition coefficient (Wildman–Crippen LogP) is 3.02. The number of halogens is 2. The SMILES string of the molecule is CC1CCN(C(CN)c2ccc(OC(F)F)cc2)CC1. The Hall–Kier alpha value is -1.20.